The van der Waals surface area contributed by atoms with E-state index in [4.69, 9.17) is 21.2 Å². The summed E-state index contributed by atoms with van der Waals surface area (Å²) in [5.41, 5.74) is 1.33. The van der Waals surface area contributed by atoms with E-state index in [0.717, 1.165) is 0 Å². The quantitative estimate of drug-likeness (QED) is 0.602. The predicted octanol–water partition coefficient (Wildman–Crippen LogP) is 2.22. The first-order valence-corrected chi connectivity index (χ1v) is 11.7. The van der Waals surface area contributed by atoms with Crippen LogP contribution in [0.2, 0.25) is 5.02 Å². The van der Waals surface area contributed by atoms with Crippen molar-refractivity contribution in [3.05, 3.63) is 35.6 Å². The maximum absolute atomic E-state index is 13.2. The number of nitrogens with zero attached hydrogens (tertiary/aromatic N) is 2. The molecule has 2 aromatic rings. The number of hydrogen-bond acceptors (Lipinski definition) is 7. The highest BCUT2D eigenvalue weighted by Gasteiger charge is 2.34. The lowest BCUT2D eigenvalue weighted by Gasteiger charge is -2.20. The average Bonchev–Trinajstić information content (AvgIpc) is 3.15. The van der Waals surface area contributed by atoms with E-state index in [1.807, 2.05) is 5.48 Å². The molecule has 2 N–H and O–H groups in total. The molecule has 0 saturated carbocycles. The van der Waals surface area contributed by atoms with Gasteiger partial charge in [0.15, 0.2) is 6.61 Å². The molecule has 32 heavy (non-hydrogen) atoms. The molecular weight excluding hydrogens is 460 g/mol. The number of carbonyl (C=O) groups excluding carboxylic acids is 2. The van der Waals surface area contributed by atoms with E-state index in [0.29, 0.717) is 17.2 Å². The van der Waals surface area contributed by atoms with E-state index < -0.39 is 40.3 Å². The minimum absolute atomic E-state index is 0.0965. The lowest BCUT2D eigenvalue weighted by molar-refractivity contribution is -0.128. The van der Waals surface area contributed by atoms with E-state index in [-0.39, 0.29) is 23.0 Å². The molecule has 1 aliphatic heterocycles. The first-order valence-electron chi connectivity index (χ1n) is 9.90. The molecule has 1 atom stereocenters. The van der Waals surface area contributed by atoms with Gasteiger partial charge in [0.1, 0.15) is 5.60 Å². The van der Waals surface area contributed by atoms with Crippen LogP contribution in [0.3, 0.4) is 0 Å². The number of carbonyl (C=O) groups is 2. The second kappa shape index (κ2) is 9.57. The Morgan fingerprint density at radius 2 is 2.03 bits per heavy atom. The van der Waals surface area contributed by atoms with Crippen LogP contribution in [0.5, 0.6) is 0 Å². The highest BCUT2D eigenvalue weighted by Crippen LogP contribution is 2.32. The van der Waals surface area contributed by atoms with E-state index in [9.17, 15) is 18.0 Å². The number of hydroxylamine groups is 1. The summed E-state index contributed by atoms with van der Waals surface area (Å²) in [6.45, 7) is 5.00. The largest absolute Gasteiger partial charge is 0.442 e. The van der Waals surface area contributed by atoms with E-state index in [1.165, 1.54) is 16.6 Å². The van der Waals surface area contributed by atoms with Crippen molar-refractivity contribution in [2.45, 2.75) is 43.7 Å². The van der Waals surface area contributed by atoms with E-state index in [2.05, 4.69) is 10.3 Å². The number of aromatic nitrogens is 1. The van der Waals surface area contributed by atoms with Gasteiger partial charge in [-0.2, -0.15) is 9.79 Å². The van der Waals surface area contributed by atoms with Gasteiger partial charge in [-0.25, -0.2) is 13.2 Å². The van der Waals surface area contributed by atoms with Crippen molar-refractivity contribution in [3.8, 4) is 0 Å². The van der Waals surface area contributed by atoms with Crippen molar-refractivity contribution in [3.63, 3.8) is 0 Å². The Balaban J connectivity index is 1.58. The van der Waals surface area contributed by atoms with Crippen LogP contribution in [0.1, 0.15) is 27.2 Å². The third-order valence-corrected chi connectivity index (χ3v) is 6.78. The molecule has 0 bridgehead atoms. The Bertz CT molecular complexity index is 1110. The maximum Gasteiger partial charge on any atom is 0.431 e. The highest BCUT2D eigenvalue weighted by molar-refractivity contribution is 7.89. The summed E-state index contributed by atoms with van der Waals surface area (Å²) in [5, 5.41) is 3.99. The lowest BCUT2D eigenvalue weighted by Crippen LogP contribution is -2.41. The molecule has 1 aromatic heterocycles. The van der Waals surface area contributed by atoms with Gasteiger partial charge in [0.2, 0.25) is 15.9 Å². The van der Waals surface area contributed by atoms with Crippen molar-refractivity contribution in [1.29, 1.82) is 0 Å². The summed E-state index contributed by atoms with van der Waals surface area (Å²) in [7, 11) is -3.84. The predicted molar refractivity (Wildman–Crippen MR) is 117 cm³/mol. The van der Waals surface area contributed by atoms with Crippen LogP contribution in [0.25, 0.3) is 10.8 Å². The van der Waals surface area contributed by atoms with Crippen LogP contribution in [-0.2, 0) is 24.4 Å². The second-order valence-corrected chi connectivity index (χ2v) is 10.6. The Labute approximate surface area is 191 Å². The summed E-state index contributed by atoms with van der Waals surface area (Å²) in [6, 6.07) is 4.49. The Hall–Kier alpha value is -2.47. The van der Waals surface area contributed by atoms with Crippen molar-refractivity contribution < 1.29 is 27.6 Å². The van der Waals surface area contributed by atoms with Crippen molar-refractivity contribution in [1.82, 2.24) is 20.1 Å². The number of halogens is 1. The standard InChI is InChI=1S/C20H25ClN4O6S/c1-20(2,3)31-19(27)24-30-12-17(26)23-14-7-8-25(11-14)32(28,29)16-6-4-5-13-9-22-10-15(21)18(13)16/h4-6,9-10,14H,7-8,11-12H2,1-3H3,(H,23,26)(H,24,27). The normalized spacial score (nSPS) is 17.3. The van der Waals surface area contributed by atoms with Crippen LogP contribution in [0, 0.1) is 0 Å². The van der Waals surface area contributed by atoms with E-state index >= 15 is 0 Å². The maximum atomic E-state index is 13.2. The van der Waals surface area contributed by atoms with Gasteiger partial charge >= 0.3 is 6.09 Å². The minimum atomic E-state index is -3.84. The molecule has 0 radical (unpaired) electrons. The molecule has 1 saturated heterocycles. The Kier molecular flexibility index (Phi) is 7.23. The summed E-state index contributed by atoms with van der Waals surface area (Å²) in [4.78, 5) is 32.5. The SMILES string of the molecule is CC(C)(C)OC(=O)NOCC(=O)NC1CCN(S(=O)(=O)c2cccc3cncc(Cl)c23)C1. The Morgan fingerprint density at radius 1 is 1.28 bits per heavy atom. The summed E-state index contributed by atoms with van der Waals surface area (Å²) < 4.78 is 32.8. The number of rotatable bonds is 6. The number of amides is 2. The molecule has 1 fully saturated rings. The molecular formula is C20H25ClN4O6S. The van der Waals surface area contributed by atoms with Crippen LogP contribution in [0.4, 0.5) is 4.79 Å². The highest BCUT2D eigenvalue weighted by atomic mass is 35.5. The number of sulfonamides is 1. The zero-order chi connectivity index (χ0) is 23.5. The first-order chi connectivity index (χ1) is 15.0. The molecule has 3 rings (SSSR count). The molecule has 2 heterocycles. The fourth-order valence-electron chi connectivity index (χ4n) is 3.31. The topological polar surface area (TPSA) is 127 Å². The van der Waals surface area contributed by atoms with Gasteiger partial charge in [-0.15, -0.1) is 0 Å². The molecule has 0 aliphatic carbocycles. The molecule has 1 unspecified atom stereocenters. The molecule has 1 aromatic carbocycles. The van der Waals surface area contributed by atoms with Crippen molar-refractivity contribution in [2.75, 3.05) is 19.7 Å². The number of ether oxygens (including phenoxy) is 1. The third kappa shape index (κ3) is 5.85. The molecule has 2 amide bonds. The zero-order valence-corrected chi connectivity index (χ0v) is 19.5. The van der Waals surface area contributed by atoms with Crippen molar-refractivity contribution >= 4 is 44.4 Å². The van der Waals surface area contributed by atoms with Crippen LogP contribution in [-0.4, -0.2) is 61.0 Å². The van der Waals surface area contributed by atoms with Crippen LogP contribution >= 0.6 is 11.6 Å². The second-order valence-electron chi connectivity index (χ2n) is 8.28. The molecule has 174 valence electrons. The fraction of sp³-hybridized carbons (Fsp3) is 0.450. The monoisotopic (exact) mass is 484 g/mol. The van der Waals surface area contributed by atoms with E-state index in [1.54, 1.807) is 39.1 Å². The number of nitrogens with one attached hydrogen (secondary N) is 2. The van der Waals surface area contributed by atoms with Crippen molar-refractivity contribution in [2.24, 2.45) is 0 Å². The number of hydrogen-bond donors (Lipinski definition) is 2. The number of fused-ring (bicyclic) bond motifs is 1. The molecule has 12 heteroatoms. The van der Waals surface area contributed by atoms with Gasteiger partial charge in [0.05, 0.1) is 9.92 Å². The van der Waals surface area contributed by atoms with Crippen LogP contribution in [0.15, 0.2) is 35.5 Å². The smallest absolute Gasteiger partial charge is 0.431 e. The van der Waals surface area contributed by atoms with Gasteiger partial charge in [0.25, 0.3) is 0 Å². The van der Waals surface area contributed by atoms with Gasteiger partial charge in [-0.3, -0.25) is 14.6 Å². The van der Waals surface area contributed by atoms with Crippen LogP contribution < -0.4 is 10.8 Å². The lowest BCUT2D eigenvalue weighted by atomic mass is 10.2. The minimum Gasteiger partial charge on any atom is -0.442 e. The Morgan fingerprint density at radius 3 is 2.75 bits per heavy atom. The number of benzene rings is 1. The average molecular weight is 485 g/mol. The van der Waals surface area contributed by atoms with Gasteiger partial charge in [-0.05, 0) is 33.3 Å². The summed E-state index contributed by atoms with van der Waals surface area (Å²) in [5.74, 6) is -0.496. The summed E-state index contributed by atoms with van der Waals surface area (Å²) in [6.07, 6.45) is 2.58. The zero-order valence-electron chi connectivity index (χ0n) is 17.9. The molecule has 0 spiro atoms. The molecule has 10 nitrogen and oxygen atoms in total. The third-order valence-electron chi connectivity index (χ3n) is 4.59. The fourth-order valence-corrected chi connectivity index (χ4v) is 5.37. The summed E-state index contributed by atoms with van der Waals surface area (Å²) >= 11 is 6.22. The number of pyridine rings is 1. The van der Waals surface area contributed by atoms with Gasteiger partial charge in [0, 0.05) is 42.3 Å². The van der Waals surface area contributed by atoms with Gasteiger partial charge < -0.3 is 10.1 Å². The molecule has 1 aliphatic rings. The van der Waals surface area contributed by atoms with Gasteiger partial charge in [-0.1, -0.05) is 23.7 Å². The first kappa shape index (κ1) is 24.2.